The second-order valence-corrected chi connectivity index (χ2v) is 7.90. The number of morpholine rings is 1. The molecule has 1 fully saturated rings. The van der Waals surface area contributed by atoms with Crippen molar-refractivity contribution in [2.75, 3.05) is 59.0 Å². The van der Waals surface area contributed by atoms with Crippen LogP contribution in [0.4, 0.5) is 0 Å². The molecule has 30 heavy (non-hydrogen) atoms. The molecule has 0 aromatic carbocycles. The lowest BCUT2D eigenvalue weighted by Crippen LogP contribution is -2.43. The summed E-state index contributed by atoms with van der Waals surface area (Å²) in [6.45, 7) is 13.0. The van der Waals surface area contributed by atoms with E-state index in [4.69, 9.17) is 9.15 Å². The molecule has 1 amide bonds. The van der Waals surface area contributed by atoms with E-state index < -0.39 is 5.41 Å². The number of hydrogen-bond acceptors (Lipinski definition) is 5. The highest BCUT2D eigenvalue weighted by atomic mass is 127. The molecule has 0 unspecified atom stereocenters. The first-order valence-electron chi connectivity index (χ1n) is 10.6. The maximum absolute atomic E-state index is 12.2. The lowest BCUT2D eigenvalue weighted by molar-refractivity contribution is -0.128. The number of rotatable bonds is 11. The molecule has 0 radical (unpaired) electrons. The monoisotopic (exact) mass is 535 g/mol. The molecule has 3 N–H and O–H groups in total. The normalized spacial score (nSPS) is 15.4. The Hall–Kier alpha value is -1.33. The van der Waals surface area contributed by atoms with Crippen LogP contribution in [0.25, 0.3) is 0 Å². The number of ether oxygens (including phenoxy) is 1. The molecule has 1 aromatic heterocycles. The molecule has 0 spiro atoms. The van der Waals surface area contributed by atoms with Gasteiger partial charge in [-0.15, -0.1) is 24.0 Å². The van der Waals surface area contributed by atoms with Crippen LogP contribution in [0.2, 0.25) is 0 Å². The fourth-order valence-electron chi connectivity index (χ4n) is 3.02. The van der Waals surface area contributed by atoms with Crippen molar-refractivity contribution >= 4 is 35.8 Å². The van der Waals surface area contributed by atoms with Crippen LogP contribution < -0.4 is 16.0 Å². The van der Waals surface area contributed by atoms with Crippen molar-refractivity contribution in [3.05, 3.63) is 24.2 Å². The van der Waals surface area contributed by atoms with Gasteiger partial charge >= 0.3 is 0 Å². The van der Waals surface area contributed by atoms with Gasteiger partial charge in [-0.2, -0.15) is 0 Å². The zero-order valence-corrected chi connectivity index (χ0v) is 20.9. The van der Waals surface area contributed by atoms with Gasteiger partial charge in [0.05, 0.1) is 31.4 Å². The minimum absolute atomic E-state index is 0. The van der Waals surface area contributed by atoms with Crippen LogP contribution in [0.5, 0.6) is 0 Å². The van der Waals surface area contributed by atoms with E-state index in [1.165, 1.54) is 0 Å². The fourth-order valence-corrected chi connectivity index (χ4v) is 3.02. The summed E-state index contributed by atoms with van der Waals surface area (Å²) in [4.78, 5) is 19.3. The van der Waals surface area contributed by atoms with Gasteiger partial charge in [-0.25, -0.2) is 0 Å². The molecule has 2 heterocycles. The second-order valence-electron chi connectivity index (χ2n) is 7.90. The number of guanidine groups is 1. The van der Waals surface area contributed by atoms with Gasteiger partial charge in [0.2, 0.25) is 5.91 Å². The molecule has 0 saturated carbocycles. The van der Waals surface area contributed by atoms with Crippen LogP contribution in [-0.4, -0.2) is 75.8 Å². The molecular weight excluding hydrogens is 497 g/mol. The summed E-state index contributed by atoms with van der Waals surface area (Å²) in [7, 11) is 0. The zero-order chi connectivity index (χ0) is 21.0. The summed E-state index contributed by atoms with van der Waals surface area (Å²) in [6.07, 6.45) is 3.49. The van der Waals surface area contributed by atoms with Gasteiger partial charge in [0.25, 0.3) is 0 Å². The van der Waals surface area contributed by atoms with Crippen LogP contribution in [0.15, 0.2) is 27.8 Å². The highest BCUT2D eigenvalue weighted by Crippen LogP contribution is 2.15. The largest absolute Gasteiger partial charge is 0.469 e. The van der Waals surface area contributed by atoms with E-state index >= 15 is 0 Å². The quantitative estimate of drug-likeness (QED) is 0.174. The number of carbonyl (C=O) groups excluding carboxylic acids is 1. The van der Waals surface area contributed by atoms with Gasteiger partial charge in [-0.05, 0) is 45.9 Å². The van der Waals surface area contributed by atoms with Crippen molar-refractivity contribution in [2.45, 2.75) is 33.6 Å². The van der Waals surface area contributed by atoms with Gasteiger partial charge in [-0.3, -0.25) is 14.7 Å². The predicted octanol–water partition coefficient (Wildman–Crippen LogP) is 1.86. The first-order valence-corrected chi connectivity index (χ1v) is 10.6. The van der Waals surface area contributed by atoms with E-state index in [0.717, 1.165) is 64.0 Å². The molecule has 0 atom stereocenters. The Morgan fingerprint density at radius 3 is 2.60 bits per heavy atom. The molecule has 2 rings (SSSR count). The molecule has 1 aromatic rings. The van der Waals surface area contributed by atoms with E-state index in [1.54, 1.807) is 6.26 Å². The van der Waals surface area contributed by atoms with Gasteiger partial charge in [0.1, 0.15) is 5.76 Å². The summed E-state index contributed by atoms with van der Waals surface area (Å²) >= 11 is 0. The Morgan fingerprint density at radius 2 is 1.93 bits per heavy atom. The summed E-state index contributed by atoms with van der Waals surface area (Å²) in [5, 5.41) is 9.64. The number of nitrogens with one attached hydrogen (secondary N) is 3. The Labute approximate surface area is 197 Å². The van der Waals surface area contributed by atoms with Crippen molar-refractivity contribution in [3.8, 4) is 0 Å². The molecule has 0 aliphatic carbocycles. The van der Waals surface area contributed by atoms with E-state index in [0.29, 0.717) is 19.6 Å². The maximum Gasteiger partial charge on any atom is 0.227 e. The van der Waals surface area contributed by atoms with Crippen molar-refractivity contribution in [3.63, 3.8) is 0 Å². The smallest absolute Gasteiger partial charge is 0.227 e. The highest BCUT2D eigenvalue weighted by molar-refractivity contribution is 14.0. The summed E-state index contributed by atoms with van der Waals surface area (Å²) in [5.41, 5.74) is -0.556. The first-order chi connectivity index (χ1) is 14.0. The molecule has 1 aliphatic rings. The number of halogens is 1. The Morgan fingerprint density at radius 1 is 1.20 bits per heavy atom. The van der Waals surface area contributed by atoms with E-state index in [9.17, 15) is 4.79 Å². The minimum Gasteiger partial charge on any atom is -0.469 e. The van der Waals surface area contributed by atoms with E-state index in [2.05, 4.69) is 25.8 Å². The van der Waals surface area contributed by atoms with Gasteiger partial charge in [0.15, 0.2) is 5.96 Å². The number of furan rings is 1. The second kappa shape index (κ2) is 14.6. The fraction of sp³-hybridized carbons (Fsp3) is 0.714. The highest BCUT2D eigenvalue weighted by Gasteiger charge is 2.26. The molecule has 1 saturated heterocycles. The molecule has 172 valence electrons. The third kappa shape index (κ3) is 10.1. The average Bonchev–Trinajstić information content (AvgIpc) is 3.23. The summed E-state index contributed by atoms with van der Waals surface area (Å²) < 4.78 is 10.8. The standard InChI is InChI=1S/C21H37N5O3.HI/c1-4-22-19(27)21(2,3)17-25-20(24-10-8-18-7-5-14-29-18)23-9-6-11-26-12-15-28-16-13-26;/h5,7,14H,4,6,8-13,15-17H2,1-3H3,(H,22,27)(H2,23,24,25);1H. The molecule has 9 heteroatoms. The van der Waals surface area contributed by atoms with Crippen LogP contribution in [-0.2, 0) is 16.0 Å². The minimum atomic E-state index is -0.556. The number of aliphatic imine (C=N–C) groups is 1. The van der Waals surface area contributed by atoms with Crippen LogP contribution >= 0.6 is 24.0 Å². The van der Waals surface area contributed by atoms with Crippen LogP contribution in [0.1, 0.15) is 33.0 Å². The third-order valence-electron chi connectivity index (χ3n) is 4.88. The lowest BCUT2D eigenvalue weighted by atomic mass is 9.92. The molecular formula is C21H38IN5O3. The number of amides is 1. The Bertz CT molecular complexity index is 616. The van der Waals surface area contributed by atoms with E-state index in [-0.39, 0.29) is 29.9 Å². The zero-order valence-electron chi connectivity index (χ0n) is 18.5. The number of hydrogen-bond donors (Lipinski definition) is 3. The van der Waals surface area contributed by atoms with Gasteiger partial charge in [0, 0.05) is 39.1 Å². The SMILES string of the molecule is CCNC(=O)C(C)(C)CN=C(NCCCN1CCOCC1)NCCc1ccco1.I. The average molecular weight is 535 g/mol. The van der Waals surface area contributed by atoms with Crippen LogP contribution in [0, 0.1) is 5.41 Å². The lowest BCUT2D eigenvalue weighted by Gasteiger charge is -2.26. The summed E-state index contributed by atoms with van der Waals surface area (Å²) in [6, 6.07) is 3.86. The molecule has 8 nitrogen and oxygen atoms in total. The first kappa shape index (κ1) is 26.7. The Kier molecular flexibility index (Phi) is 13.0. The topological polar surface area (TPSA) is 91.1 Å². The van der Waals surface area contributed by atoms with Crippen molar-refractivity contribution in [1.29, 1.82) is 0 Å². The Balaban J connectivity index is 0.00000450. The number of carbonyl (C=O) groups is 1. The van der Waals surface area contributed by atoms with Crippen molar-refractivity contribution in [1.82, 2.24) is 20.9 Å². The third-order valence-corrected chi connectivity index (χ3v) is 4.88. The van der Waals surface area contributed by atoms with Crippen LogP contribution in [0.3, 0.4) is 0 Å². The maximum atomic E-state index is 12.2. The van der Waals surface area contributed by atoms with Crippen molar-refractivity contribution in [2.24, 2.45) is 10.4 Å². The van der Waals surface area contributed by atoms with E-state index in [1.807, 2.05) is 32.9 Å². The van der Waals surface area contributed by atoms with Gasteiger partial charge < -0.3 is 25.1 Å². The van der Waals surface area contributed by atoms with Gasteiger partial charge in [-0.1, -0.05) is 0 Å². The number of nitrogens with zero attached hydrogens (tertiary/aromatic N) is 2. The summed E-state index contributed by atoms with van der Waals surface area (Å²) in [5.74, 6) is 1.69. The predicted molar refractivity (Wildman–Crippen MR) is 130 cm³/mol. The molecule has 0 bridgehead atoms. The van der Waals surface area contributed by atoms with Crippen molar-refractivity contribution < 1.29 is 13.9 Å². The molecule has 1 aliphatic heterocycles.